The molecule has 3 rings (SSSR count). The average Bonchev–Trinajstić information content (AvgIpc) is 3.22. The second-order valence-corrected chi connectivity index (χ2v) is 6.53. The molecule has 2 heterocycles. The molecule has 1 aromatic carbocycles. The molecular formula is C17H19N3O2S. The fourth-order valence-electron chi connectivity index (χ4n) is 2.31. The molecule has 0 saturated heterocycles. The number of para-hydroxylation sites is 1. The molecule has 0 aliphatic carbocycles. The van der Waals surface area contributed by atoms with Gasteiger partial charge in [0.05, 0.1) is 29.1 Å². The fourth-order valence-corrected chi connectivity index (χ4v) is 3.26. The van der Waals surface area contributed by atoms with E-state index in [4.69, 9.17) is 4.42 Å². The summed E-state index contributed by atoms with van der Waals surface area (Å²) < 4.78 is 6.49. The van der Waals surface area contributed by atoms with Crippen molar-refractivity contribution in [1.29, 1.82) is 0 Å². The minimum absolute atomic E-state index is 0.00459. The summed E-state index contributed by atoms with van der Waals surface area (Å²) in [6.07, 6.45) is 1.65. The number of aromatic nitrogens is 1. The molecule has 0 fully saturated rings. The molecular weight excluding hydrogens is 310 g/mol. The van der Waals surface area contributed by atoms with Gasteiger partial charge in [-0.1, -0.05) is 23.5 Å². The number of thiazole rings is 1. The van der Waals surface area contributed by atoms with Crippen LogP contribution in [-0.4, -0.2) is 36.4 Å². The number of fused-ring (bicyclic) bond motifs is 1. The summed E-state index contributed by atoms with van der Waals surface area (Å²) >= 11 is 1.52. The second-order valence-electron chi connectivity index (χ2n) is 5.52. The molecule has 0 saturated carbocycles. The second kappa shape index (κ2) is 6.52. The number of anilines is 1. The van der Waals surface area contributed by atoms with Crippen molar-refractivity contribution in [3.8, 4) is 0 Å². The zero-order valence-electron chi connectivity index (χ0n) is 13.4. The van der Waals surface area contributed by atoms with Crippen LogP contribution in [0.2, 0.25) is 0 Å². The quantitative estimate of drug-likeness (QED) is 0.718. The normalized spacial score (nSPS) is 12.7. The molecule has 0 aliphatic heterocycles. The maximum atomic E-state index is 12.5. The largest absolute Gasteiger partial charge is 0.468 e. The summed E-state index contributed by atoms with van der Waals surface area (Å²) in [7, 11) is 3.68. The number of hydrogen-bond acceptors (Lipinski definition) is 5. The van der Waals surface area contributed by atoms with Crippen LogP contribution in [0.4, 0.5) is 5.13 Å². The van der Waals surface area contributed by atoms with E-state index in [9.17, 15) is 4.79 Å². The number of carbonyl (C=O) groups excluding carboxylic acids is 1. The van der Waals surface area contributed by atoms with Crippen molar-refractivity contribution in [2.75, 3.05) is 25.5 Å². The lowest BCUT2D eigenvalue weighted by atomic mass is 10.2. The Morgan fingerprint density at radius 2 is 2.04 bits per heavy atom. The van der Waals surface area contributed by atoms with Crippen molar-refractivity contribution >= 4 is 32.6 Å². The standard InChI is InChI=1S/C17H19N3O2S/c1-12(14-8-6-10-22-14)19(2)11-16(21)20(3)17-18-13-7-4-5-9-15(13)23-17/h4-10,12H,11H2,1-3H3. The molecule has 0 radical (unpaired) electrons. The van der Waals surface area contributed by atoms with Gasteiger partial charge in [-0.15, -0.1) is 0 Å². The van der Waals surface area contributed by atoms with E-state index < -0.39 is 0 Å². The van der Waals surface area contributed by atoms with E-state index >= 15 is 0 Å². The van der Waals surface area contributed by atoms with Gasteiger partial charge in [0.15, 0.2) is 5.13 Å². The van der Waals surface area contributed by atoms with Crippen molar-refractivity contribution in [2.45, 2.75) is 13.0 Å². The predicted molar refractivity (Wildman–Crippen MR) is 92.8 cm³/mol. The van der Waals surface area contributed by atoms with Crippen LogP contribution < -0.4 is 4.90 Å². The highest BCUT2D eigenvalue weighted by Gasteiger charge is 2.21. The lowest BCUT2D eigenvalue weighted by Gasteiger charge is -2.24. The van der Waals surface area contributed by atoms with Crippen LogP contribution in [0, 0.1) is 0 Å². The molecule has 1 atom stereocenters. The van der Waals surface area contributed by atoms with Crippen LogP contribution in [0.25, 0.3) is 10.2 Å². The summed E-state index contributed by atoms with van der Waals surface area (Å²) in [5, 5.41) is 0.718. The third kappa shape index (κ3) is 3.28. The van der Waals surface area contributed by atoms with Crippen LogP contribution in [0.3, 0.4) is 0 Å². The highest BCUT2D eigenvalue weighted by molar-refractivity contribution is 7.22. The van der Waals surface area contributed by atoms with Crippen molar-refractivity contribution in [2.24, 2.45) is 0 Å². The first-order valence-corrected chi connectivity index (χ1v) is 8.23. The summed E-state index contributed by atoms with van der Waals surface area (Å²) in [4.78, 5) is 20.6. The summed E-state index contributed by atoms with van der Waals surface area (Å²) in [5.74, 6) is 0.855. The van der Waals surface area contributed by atoms with Gasteiger partial charge in [-0.25, -0.2) is 4.98 Å². The monoisotopic (exact) mass is 329 g/mol. The number of hydrogen-bond donors (Lipinski definition) is 0. The van der Waals surface area contributed by atoms with Gasteiger partial charge in [-0.05, 0) is 38.2 Å². The molecule has 2 aromatic heterocycles. The minimum atomic E-state index is 0.00459. The molecule has 23 heavy (non-hydrogen) atoms. The van der Waals surface area contributed by atoms with Gasteiger partial charge < -0.3 is 4.42 Å². The summed E-state index contributed by atoms with van der Waals surface area (Å²) in [6.45, 7) is 2.32. The molecule has 5 nitrogen and oxygen atoms in total. The summed E-state index contributed by atoms with van der Waals surface area (Å²) in [6, 6.07) is 11.7. The Labute approximate surface area is 139 Å². The molecule has 0 bridgehead atoms. The van der Waals surface area contributed by atoms with Crippen LogP contribution in [0.1, 0.15) is 18.7 Å². The number of likely N-dealkylation sites (N-methyl/N-ethyl adjacent to an activating group) is 2. The van der Waals surface area contributed by atoms with Crippen LogP contribution in [0.15, 0.2) is 47.1 Å². The fraction of sp³-hybridized carbons (Fsp3) is 0.294. The third-order valence-electron chi connectivity index (χ3n) is 3.94. The smallest absolute Gasteiger partial charge is 0.242 e. The van der Waals surface area contributed by atoms with E-state index in [1.807, 2.05) is 55.3 Å². The topological polar surface area (TPSA) is 49.6 Å². The maximum Gasteiger partial charge on any atom is 0.242 e. The number of rotatable bonds is 5. The van der Waals surface area contributed by atoms with Crippen LogP contribution in [-0.2, 0) is 4.79 Å². The lowest BCUT2D eigenvalue weighted by Crippen LogP contribution is -2.37. The number of carbonyl (C=O) groups is 1. The molecule has 1 unspecified atom stereocenters. The Kier molecular flexibility index (Phi) is 4.45. The van der Waals surface area contributed by atoms with E-state index in [2.05, 4.69) is 4.98 Å². The van der Waals surface area contributed by atoms with Gasteiger partial charge in [0.1, 0.15) is 5.76 Å². The first-order chi connectivity index (χ1) is 11.1. The molecule has 0 aliphatic rings. The van der Waals surface area contributed by atoms with E-state index in [0.29, 0.717) is 6.54 Å². The Morgan fingerprint density at radius 3 is 2.74 bits per heavy atom. The van der Waals surface area contributed by atoms with Gasteiger partial charge in [-0.2, -0.15) is 0 Å². The molecule has 0 spiro atoms. The average molecular weight is 329 g/mol. The molecule has 6 heteroatoms. The number of benzene rings is 1. The van der Waals surface area contributed by atoms with Crippen LogP contribution in [0.5, 0.6) is 0 Å². The first-order valence-electron chi connectivity index (χ1n) is 7.42. The lowest BCUT2D eigenvalue weighted by molar-refractivity contribution is -0.119. The SMILES string of the molecule is CC(c1ccco1)N(C)CC(=O)N(C)c1nc2ccccc2s1. The molecule has 1 amide bonds. The van der Waals surface area contributed by atoms with Gasteiger partial charge in [-0.3, -0.25) is 14.6 Å². The Balaban J connectivity index is 1.69. The van der Waals surface area contributed by atoms with Crippen molar-refractivity contribution in [3.05, 3.63) is 48.4 Å². The highest BCUT2D eigenvalue weighted by Crippen LogP contribution is 2.28. The summed E-state index contributed by atoms with van der Waals surface area (Å²) in [5.41, 5.74) is 0.921. The van der Waals surface area contributed by atoms with Crippen molar-refractivity contribution in [1.82, 2.24) is 9.88 Å². The van der Waals surface area contributed by atoms with E-state index in [1.54, 1.807) is 18.2 Å². The number of amides is 1. The zero-order valence-corrected chi connectivity index (χ0v) is 14.2. The zero-order chi connectivity index (χ0) is 16.4. The van der Waals surface area contributed by atoms with Gasteiger partial charge in [0.25, 0.3) is 0 Å². The van der Waals surface area contributed by atoms with Gasteiger partial charge >= 0.3 is 0 Å². The minimum Gasteiger partial charge on any atom is -0.468 e. The maximum absolute atomic E-state index is 12.5. The number of furan rings is 1. The molecule has 3 aromatic rings. The Morgan fingerprint density at radius 1 is 1.26 bits per heavy atom. The van der Waals surface area contributed by atoms with E-state index in [1.165, 1.54) is 11.3 Å². The Hall–Kier alpha value is -2.18. The number of nitrogens with zero attached hydrogens (tertiary/aromatic N) is 3. The van der Waals surface area contributed by atoms with E-state index in [-0.39, 0.29) is 11.9 Å². The Bertz CT molecular complexity index is 764. The third-order valence-corrected chi connectivity index (χ3v) is 5.06. The van der Waals surface area contributed by atoms with Gasteiger partial charge in [0.2, 0.25) is 5.91 Å². The van der Waals surface area contributed by atoms with Crippen LogP contribution >= 0.6 is 11.3 Å². The van der Waals surface area contributed by atoms with E-state index in [0.717, 1.165) is 21.1 Å². The van der Waals surface area contributed by atoms with Crippen molar-refractivity contribution in [3.63, 3.8) is 0 Å². The molecule has 120 valence electrons. The first kappa shape index (κ1) is 15.7. The predicted octanol–water partition coefficient (Wildman–Crippen LogP) is 3.55. The van der Waals surface area contributed by atoms with Gasteiger partial charge in [0, 0.05) is 7.05 Å². The van der Waals surface area contributed by atoms with Crippen molar-refractivity contribution < 1.29 is 9.21 Å². The molecule has 0 N–H and O–H groups in total. The highest BCUT2D eigenvalue weighted by atomic mass is 32.1.